The van der Waals surface area contributed by atoms with Crippen LogP contribution in [0.4, 0.5) is 5.69 Å². The highest BCUT2D eigenvalue weighted by atomic mass is 35.5. The maximum atomic E-state index is 13.0. The SMILES string of the molecule is Cc1c(C(N)=O)sc2c1C(c1ccc(Cl)cc1)=NC(CC(=O)Nc1ccc(O)cc1)c1nnc(C)n1-2. The van der Waals surface area contributed by atoms with Gasteiger partial charge in [0.05, 0.1) is 17.0 Å². The van der Waals surface area contributed by atoms with E-state index in [0.717, 1.165) is 11.1 Å². The molecule has 0 saturated carbocycles. The molecule has 36 heavy (non-hydrogen) atoms. The first-order valence-corrected chi connectivity index (χ1v) is 12.2. The Morgan fingerprint density at radius 2 is 1.81 bits per heavy atom. The number of nitrogens with two attached hydrogens (primary N) is 1. The van der Waals surface area contributed by atoms with Gasteiger partial charge < -0.3 is 16.2 Å². The van der Waals surface area contributed by atoms with Crippen molar-refractivity contribution in [3.05, 3.63) is 86.8 Å². The summed E-state index contributed by atoms with van der Waals surface area (Å²) in [4.78, 5) is 30.7. The van der Waals surface area contributed by atoms with Crippen LogP contribution in [0.5, 0.6) is 5.75 Å². The van der Waals surface area contributed by atoms with Gasteiger partial charge in [0.1, 0.15) is 22.6 Å². The van der Waals surface area contributed by atoms with Gasteiger partial charge in [-0.25, -0.2) is 0 Å². The van der Waals surface area contributed by atoms with Gasteiger partial charge >= 0.3 is 0 Å². The molecule has 1 atom stereocenters. The average Bonchev–Trinajstić information content (AvgIpc) is 3.34. The van der Waals surface area contributed by atoms with Gasteiger partial charge in [0, 0.05) is 21.8 Å². The molecule has 2 aromatic heterocycles. The molecule has 0 spiro atoms. The number of aromatic nitrogens is 3. The number of aromatic hydroxyl groups is 1. The maximum absolute atomic E-state index is 13.0. The van der Waals surface area contributed by atoms with E-state index in [4.69, 9.17) is 22.3 Å². The molecule has 4 N–H and O–H groups in total. The lowest BCUT2D eigenvalue weighted by atomic mass is 9.99. The molecular weight excluding hydrogens is 500 g/mol. The molecule has 0 bridgehead atoms. The monoisotopic (exact) mass is 520 g/mol. The fourth-order valence-corrected chi connectivity index (χ4v) is 5.53. The molecule has 1 aliphatic heterocycles. The number of nitrogens with one attached hydrogen (secondary N) is 1. The summed E-state index contributed by atoms with van der Waals surface area (Å²) in [7, 11) is 0. The number of aryl methyl sites for hydroxylation is 1. The summed E-state index contributed by atoms with van der Waals surface area (Å²) in [5.41, 5.74) is 9.05. The second kappa shape index (κ2) is 9.21. The number of rotatable bonds is 5. The lowest BCUT2D eigenvalue weighted by Crippen LogP contribution is -2.17. The number of anilines is 1. The van der Waals surface area contributed by atoms with Crippen LogP contribution >= 0.6 is 22.9 Å². The predicted octanol–water partition coefficient (Wildman–Crippen LogP) is 4.32. The summed E-state index contributed by atoms with van der Waals surface area (Å²) < 4.78 is 1.84. The number of phenols is 1. The third-order valence-electron chi connectivity index (χ3n) is 5.87. The minimum absolute atomic E-state index is 0.00718. The summed E-state index contributed by atoms with van der Waals surface area (Å²) >= 11 is 7.38. The molecule has 0 saturated heterocycles. The quantitative estimate of drug-likeness (QED) is 0.337. The number of aliphatic imine (C=N–C) groups is 1. The normalized spacial score (nSPS) is 14.4. The number of hydrogen-bond acceptors (Lipinski definition) is 7. The number of carbonyl (C=O) groups is 2. The van der Waals surface area contributed by atoms with Crippen molar-refractivity contribution in [3.8, 4) is 10.8 Å². The van der Waals surface area contributed by atoms with Gasteiger partial charge in [-0.05, 0) is 55.8 Å². The zero-order valence-corrected chi connectivity index (χ0v) is 20.9. The van der Waals surface area contributed by atoms with E-state index in [2.05, 4.69) is 15.5 Å². The summed E-state index contributed by atoms with van der Waals surface area (Å²) in [6.07, 6.45) is -0.00718. The third-order valence-corrected chi connectivity index (χ3v) is 7.42. The van der Waals surface area contributed by atoms with Gasteiger partial charge in [-0.15, -0.1) is 21.5 Å². The van der Waals surface area contributed by atoms with Crippen LogP contribution < -0.4 is 11.1 Å². The van der Waals surface area contributed by atoms with Crippen LogP contribution in [0.3, 0.4) is 0 Å². The first-order chi connectivity index (χ1) is 17.2. The Morgan fingerprint density at radius 3 is 2.47 bits per heavy atom. The molecule has 182 valence electrons. The largest absolute Gasteiger partial charge is 0.508 e. The second-order valence-corrected chi connectivity index (χ2v) is 9.78. The molecule has 2 amide bonds. The number of phenolic OH excluding ortho intramolecular Hbond substituents is 1. The van der Waals surface area contributed by atoms with Crippen LogP contribution in [0, 0.1) is 13.8 Å². The number of nitrogens with zero attached hydrogens (tertiary/aromatic N) is 4. The van der Waals surface area contributed by atoms with Crippen molar-refractivity contribution in [1.29, 1.82) is 0 Å². The topological polar surface area (TPSA) is 135 Å². The second-order valence-electron chi connectivity index (χ2n) is 8.34. The number of carbonyl (C=O) groups excluding carboxylic acids is 2. The molecule has 4 aromatic rings. The molecule has 0 radical (unpaired) electrons. The van der Waals surface area contributed by atoms with Crippen LogP contribution in [0.25, 0.3) is 5.00 Å². The maximum Gasteiger partial charge on any atom is 0.259 e. The lowest BCUT2D eigenvalue weighted by molar-refractivity contribution is -0.116. The van der Waals surface area contributed by atoms with Gasteiger partial charge in [-0.1, -0.05) is 23.7 Å². The van der Waals surface area contributed by atoms with Crippen molar-refractivity contribution in [2.45, 2.75) is 26.3 Å². The van der Waals surface area contributed by atoms with E-state index in [-0.39, 0.29) is 18.1 Å². The highest BCUT2D eigenvalue weighted by molar-refractivity contribution is 7.17. The van der Waals surface area contributed by atoms with Gasteiger partial charge in [0.15, 0.2) is 5.82 Å². The molecule has 9 nitrogen and oxygen atoms in total. The Hall–Kier alpha value is -4.02. The van der Waals surface area contributed by atoms with Crippen LogP contribution in [0.15, 0.2) is 53.5 Å². The Bertz CT molecular complexity index is 1520. The van der Waals surface area contributed by atoms with Crippen molar-refractivity contribution < 1.29 is 14.7 Å². The molecule has 11 heteroatoms. The minimum Gasteiger partial charge on any atom is -0.508 e. The van der Waals surface area contributed by atoms with Crippen molar-refractivity contribution in [2.75, 3.05) is 5.32 Å². The van der Waals surface area contributed by atoms with Gasteiger partial charge in [0.25, 0.3) is 5.91 Å². The summed E-state index contributed by atoms with van der Waals surface area (Å²) in [5, 5.41) is 22.2. The van der Waals surface area contributed by atoms with Gasteiger partial charge in [-0.3, -0.25) is 19.1 Å². The molecule has 0 aliphatic carbocycles. The first-order valence-electron chi connectivity index (χ1n) is 11.0. The zero-order valence-electron chi connectivity index (χ0n) is 19.3. The first kappa shape index (κ1) is 23.7. The molecule has 0 fully saturated rings. The number of fused-ring (bicyclic) bond motifs is 3. The Kier molecular flexibility index (Phi) is 6.07. The molecule has 5 rings (SSSR count). The number of amides is 2. The van der Waals surface area contributed by atoms with Crippen molar-refractivity contribution in [2.24, 2.45) is 10.7 Å². The van der Waals surface area contributed by atoms with E-state index in [1.165, 1.54) is 23.5 Å². The van der Waals surface area contributed by atoms with Crippen molar-refractivity contribution in [3.63, 3.8) is 0 Å². The Labute approximate surface area is 215 Å². The summed E-state index contributed by atoms with van der Waals surface area (Å²) in [5.74, 6) is 0.375. The standard InChI is InChI=1S/C25H21ClN6O3S/c1-12-20-21(14-3-5-15(26)6-4-14)29-18(11-19(34)28-16-7-9-17(33)10-8-16)24-31-30-13(2)32(24)25(20)36-22(12)23(27)35/h3-10,18,33H,11H2,1-2H3,(H2,27,35)(H,28,34). The Morgan fingerprint density at radius 1 is 1.11 bits per heavy atom. The molecule has 2 aromatic carbocycles. The molecule has 1 aliphatic rings. The van der Waals surface area contributed by atoms with Crippen LogP contribution in [0.2, 0.25) is 5.02 Å². The van der Waals surface area contributed by atoms with Crippen LogP contribution in [-0.2, 0) is 4.79 Å². The number of hydrogen-bond donors (Lipinski definition) is 3. The lowest BCUT2D eigenvalue weighted by Gasteiger charge is -2.13. The fraction of sp³-hybridized carbons (Fsp3) is 0.160. The summed E-state index contributed by atoms with van der Waals surface area (Å²) in [6.45, 7) is 3.64. The van der Waals surface area contributed by atoms with Crippen molar-refractivity contribution in [1.82, 2.24) is 14.8 Å². The Balaban J connectivity index is 1.64. The molecular formula is C25H21ClN6O3S. The third kappa shape index (κ3) is 4.25. The van der Waals surface area contributed by atoms with Crippen molar-refractivity contribution >= 4 is 46.2 Å². The van der Waals surface area contributed by atoms with Gasteiger partial charge in [-0.2, -0.15) is 0 Å². The highest BCUT2D eigenvalue weighted by Gasteiger charge is 2.33. The van der Waals surface area contributed by atoms with Crippen LogP contribution in [-0.4, -0.2) is 37.4 Å². The predicted molar refractivity (Wildman–Crippen MR) is 138 cm³/mol. The van der Waals surface area contributed by atoms with E-state index >= 15 is 0 Å². The minimum atomic E-state index is -0.662. The van der Waals surface area contributed by atoms with E-state index in [1.807, 2.05) is 23.6 Å². The molecule has 3 heterocycles. The zero-order chi connectivity index (χ0) is 25.6. The number of halogens is 1. The van der Waals surface area contributed by atoms with Crippen LogP contribution in [0.1, 0.15) is 50.5 Å². The fourth-order valence-electron chi connectivity index (χ4n) is 4.19. The number of primary amides is 1. The van der Waals surface area contributed by atoms with E-state index in [1.54, 1.807) is 31.2 Å². The smallest absolute Gasteiger partial charge is 0.259 e. The van der Waals surface area contributed by atoms with E-state index in [0.29, 0.717) is 43.5 Å². The summed E-state index contributed by atoms with van der Waals surface area (Å²) in [6, 6.07) is 12.8. The van der Waals surface area contributed by atoms with E-state index < -0.39 is 11.9 Å². The number of thiophene rings is 1. The average molecular weight is 521 g/mol. The highest BCUT2D eigenvalue weighted by Crippen LogP contribution is 2.40. The number of benzene rings is 2. The van der Waals surface area contributed by atoms with Gasteiger partial charge in [0.2, 0.25) is 5.91 Å². The molecule has 1 unspecified atom stereocenters. The van der Waals surface area contributed by atoms with E-state index in [9.17, 15) is 14.7 Å².